The molecule has 1 aromatic carbocycles. The van der Waals surface area contributed by atoms with Crippen LogP contribution in [0.15, 0.2) is 33.4 Å². The average molecular weight is 299 g/mol. The second-order valence-corrected chi connectivity index (χ2v) is 4.23. The highest BCUT2D eigenvalue weighted by Gasteiger charge is 2.11. The smallest absolute Gasteiger partial charge is 0.301 e. The molecule has 0 aliphatic heterocycles. The number of benzene rings is 1. The van der Waals surface area contributed by atoms with E-state index in [4.69, 9.17) is 4.42 Å². The summed E-state index contributed by atoms with van der Waals surface area (Å²) in [7, 11) is 0. The molecule has 0 saturated heterocycles. The molecule has 4 nitrogen and oxygen atoms in total. The third kappa shape index (κ3) is 2.71. The van der Waals surface area contributed by atoms with Gasteiger partial charge in [0, 0.05) is 5.56 Å². The number of halogens is 2. The average Bonchev–Trinajstić information content (AvgIpc) is 2.68. The SMILES string of the molecule is Cc1coc(NC(=O)c2ccc(Br)c(F)c2)n1. The van der Waals surface area contributed by atoms with E-state index in [1.54, 1.807) is 6.92 Å². The quantitative estimate of drug-likeness (QED) is 0.927. The van der Waals surface area contributed by atoms with Crippen LogP contribution in [0.3, 0.4) is 0 Å². The maximum absolute atomic E-state index is 13.2. The Balaban J connectivity index is 2.17. The maximum Gasteiger partial charge on any atom is 0.301 e. The van der Waals surface area contributed by atoms with Crippen molar-refractivity contribution in [2.75, 3.05) is 5.32 Å². The lowest BCUT2D eigenvalue weighted by Crippen LogP contribution is -2.12. The van der Waals surface area contributed by atoms with E-state index in [9.17, 15) is 9.18 Å². The number of aryl methyl sites for hydroxylation is 1. The summed E-state index contributed by atoms with van der Waals surface area (Å²) in [4.78, 5) is 15.6. The topological polar surface area (TPSA) is 55.1 Å². The van der Waals surface area contributed by atoms with Crippen LogP contribution in [0.25, 0.3) is 0 Å². The second kappa shape index (κ2) is 4.67. The Bertz CT molecular complexity index is 568. The molecule has 0 aliphatic rings. The summed E-state index contributed by atoms with van der Waals surface area (Å²) in [6.45, 7) is 1.73. The van der Waals surface area contributed by atoms with Crippen molar-refractivity contribution in [1.82, 2.24) is 4.98 Å². The first kappa shape index (κ1) is 11.8. The number of amides is 1. The Morgan fingerprint density at radius 3 is 2.88 bits per heavy atom. The third-order valence-electron chi connectivity index (χ3n) is 2.02. The number of carbonyl (C=O) groups is 1. The van der Waals surface area contributed by atoms with E-state index in [2.05, 4.69) is 26.2 Å². The highest BCUT2D eigenvalue weighted by Crippen LogP contribution is 2.17. The minimum atomic E-state index is -0.499. The van der Waals surface area contributed by atoms with Crippen LogP contribution in [0.5, 0.6) is 0 Å². The molecular formula is C11H8BrFN2O2. The van der Waals surface area contributed by atoms with E-state index in [0.717, 1.165) is 6.07 Å². The van der Waals surface area contributed by atoms with Crippen molar-refractivity contribution in [3.05, 3.63) is 46.0 Å². The maximum atomic E-state index is 13.2. The van der Waals surface area contributed by atoms with Crippen molar-refractivity contribution >= 4 is 27.9 Å². The summed E-state index contributed by atoms with van der Waals surface area (Å²) >= 11 is 3.01. The Morgan fingerprint density at radius 2 is 2.29 bits per heavy atom. The summed E-state index contributed by atoms with van der Waals surface area (Å²) in [5.74, 6) is -0.973. The molecule has 0 bridgehead atoms. The van der Waals surface area contributed by atoms with Gasteiger partial charge in [-0.3, -0.25) is 10.1 Å². The van der Waals surface area contributed by atoms with Crippen molar-refractivity contribution in [2.24, 2.45) is 0 Å². The van der Waals surface area contributed by atoms with Crippen molar-refractivity contribution in [1.29, 1.82) is 0 Å². The Kier molecular flexibility index (Phi) is 3.23. The summed E-state index contributed by atoms with van der Waals surface area (Å²) in [6.07, 6.45) is 1.41. The summed E-state index contributed by atoms with van der Waals surface area (Å²) in [6, 6.07) is 4.19. The first-order valence-corrected chi connectivity index (χ1v) is 5.54. The molecule has 1 N–H and O–H groups in total. The molecule has 0 spiro atoms. The van der Waals surface area contributed by atoms with E-state index in [-0.39, 0.29) is 11.6 Å². The van der Waals surface area contributed by atoms with Gasteiger partial charge in [-0.25, -0.2) is 4.39 Å². The van der Waals surface area contributed by atoms with Gasteiger partial charge in [-0.05, 0) is 41.1 Å². The highest BCUT2D eigenvalue weighted by molar-refractivity contribution is 9.10. The van der Waals surface area contributed by atoms with Gasteiger partial charge in [-0.2, -0.15) is 4.98 Å². The minimum Gasteiger partial charge on any atom is -0.432 e. The standard InChI is InChI=1S/C11H8BrFN2O2/c1-6-5-17-11(14-6)15-10(16)7-2-3-8(12)9(13)4-7/h2-5H,1H3,(H,14,15,16). The van der Waals surface area contributed by atoms with Crippen LogP contribution in [-0.4, -0.2) is 10.9 Å². The van der Waals surface area contributed by atoms with Crippen molar-refractivity contribution < 1.29 is 13.6 Å². The van der Waals surface area contributed by atoms with Crippen LogP contribution in [-0.2, 0) is 0 Å². The van der Waals surface area contributed by atoms with Gasteiger partial charge in [0.2, 0.25) is 0 Å². The Hall–Kier alpha value is -1.69. The molecule has 1 aromatic heterocycles. The fourth-order valence-corrected chi connectivity index (χ4v) is 1.46. The van der Waals surface area contributed by atoms with Gasteiger partial charge in [-0.15, -0.1) is 0 Å². The van der Waals surface area contributed by atoms with E-state index in [0.29, 0.717) is 10.2 Å². The zero-order valence-electron chi connectivity index (χ0n) is 8.83. The van der Waals surface area contributed by atoms with Crippen LogP contribution < -0.4 is 5.32 Å². The normalized spacial score (nSPS) is 10.3. The molecule has 88 valence electrons. The molecule has 0 fully saturated rings. The van der Waals surface area contributed by atoms with Crippen LogP contribution >= 0.6 is 15.9 Å². The predicted octanol–water partition coefficient (Wildman–Crippen LogP) is 3.14. The van der Waals surface area contributed by atoms with Crippen LogP contribution in [0, 0.1) is 12.7 Å². The van der Waals surface area contributed by atoms with Crippen LogP contribution in [0.4, 0.5) is 10.4 Å². The monoisotopic (exact) mass is 298 g/mol. The number of hydrogen-bond acceptors (Lipinski definition) is 3. The minimum absolute atomic E-state index is 0.0934. The Morgan fingerprint density at radius 1 is 1.53 bits per heavy atom. The lowest BCUT2D eigenvalue weighted by atomic mass is 10.2. The van der Waals surface area contributed by atoms with Gasteiger partial charge in [-0.1, -0.05) is 0 Å². The molecule has 2 aromatic rings. The molecule has 2 rings (SSSR count). The first-order valence-electron chi connectivity index (χ1n) is 4.75. The number of hydrogen-bond donors (Lipinski definition) is 1. The van der Waals surface area contributed by atoms with Gasteiger partial charge >= 0.3 is 6.01 Å². The fraction of sp³-hybridized carbons (Fsp3) is 0.0909. The number of carbonyl (C=O) groups excluding carboxylic acids is 1. The van der Waals surface area contributed by atoms with Gasteiger partial charge in [0.05, 0.1) is 10.2 Å². The molecule has 0 atom stereocenters. The van der Waals surface area contributed by atoms with E-state index in [1.165, 1.54) is 18.4 Å². The van der Waals surface area contributed by atoms with Gasteiger partial charge in [0.1, 0.15) is 12.1 Å². The van der Waals surface area contributed by atoms with E-state index >= 15 is 0 Å². The number of nitrogens with one attached hydrogen (secondary N) is 1. The molecule has 6 heteroatoms. The predicted molar refractivity (Wildman–Crippen MR) is 63.3 cm³/mol. The number of anilines is 1. The van der Waals surface area contributed by atoms with Gasteiger partial charge in [0.25, 0.3) is 5.91 Å². The van der Waals surface area contributed by atoms with Crippen LogP contribution in [0.1, 0.15) is 16.1 Å². The largest absolute Gasteiger partial charge is 0.432 e. The molecule has 17 heavy (non-hydrogen) atoms. The molecular weight excluding hydrogens is 291 g/mol. The van der Waals surface area contributed by atoms with Crippen molar-refractivity contribution in [3.63, 3.8) is 0 Å². The summed E-state index contributed by atoms with van der Waals surface area (Å²) < 4.78 is 18.5. The number of nitrogens with zero attached hydrogens (tertiary/aromatic N) is 1. The van der Waals surface area contributed by atoms with Crippen LogP contribution in [0.2, 0.25) is 0 Å². The van der Waals surface area contributed by atoms with Crippen molar-refractivity contribution in [3.8, 4) is 0 Å². The molecule has 1 amide bonds. The molecule has 0 saturated carbocycles. The van der Waals surface area contributed by atoms with E-state index in [1.807, 2.05) is 0 Å². The zero-order valence-corrected chi connectivity index (χ0v) is 10.4. The lowest BCUT2D eigenvalue weighted by molar-refractivity contribution is 0.102. The molecule has 0 unspecified atom stereocenters. The van der Waals surface area contributed by atoms with Gasteiger partial charge < -0.3 is 4.42 Å². The number of rotatable bonds is 2. The van der Waals surface area contributed by atoms with Crippen molar-refractivity contribution in [2.45, 2.75) is 6.92 Å². The van der Waals surface area contributed by atoms with Gasteiger partial charge in [0.15, 0.2) is 0 Å². The summed E-state index contributed by atoms with van der Waals surface area (Å²) in [5, 5.41) is 2.43. The first-order chi connectivity index (χ1) is 8.06. The lowest BCUT2D eigenvalue weighted by Gasteiger charge is -2.01. The molecule has 0 radical (unpaired) electrons. The molecule has 1 heterocycles. The van der Waals surface area contributed by atoms with E-state index < -0.39 is 11.7 Å². The zero-order chi connectivity index (χ0) is 12.4. The third-order valence-corrected chi connectivity index (χ3v) is 2.66. The number of oxazole rings is 1. The second-order valence-electron chi connectivity index (χ2n) is 3.38. The molecule has 0 aliphatic carbocycles. The highest BCUT2D eigenvalue weighted by atomic mass is 79.9. The summed E-state index contributed by atoms with van der Waals surface area (Å²) in [5.41, 5.74) is 0.851. The fourth-order valence-electron chi connectivity index (χ4n) is 1.22. The Labute approximate surface area is 105 Å². The number of aromatic nitrogens is 1.